The molecule has 1 saturated heterocycles. The maximum Gasteiger partial charge on any atom is 0.273 e. The van der Waals surface area contributed by atoms with Gasteiger partial charge in [-0.3, -0.25) is 4.79 Å². The van der Waals surface area contributed by atoms with Gasteiger partial charge in [0, 0.05) is 19.6 Å². The van der Waals surface area contributed by atoms with Crippen LogP contribution < -0.4 is 10.6 Å². The molecule has 2 heterocycles. The summed E-state index contributed by atoms with van der Waals surface area (Å²) in [6.45, 7) is 2.56. The molecule has 0 bridgehead atoms. The van der Waals surface area contributed by atoms with E-state index in [4.69, 9.17) is 0 Å². The van der Waals surface area contributed by atoms with Gasteiger partial charge in [0.2, 0.25) is 0 Å². The Morgan fingerprint density at radius 1 is 1.50 bits per heavy atom. The summed E-state index contributed by atoms with van der Waals surface area (Å²) in [5.41, 5.74) is 0.424. The Morgan fingerprint density at radius 3 is 3.00 bits per heavy atom. The van der Waals surface area contributed by atoms with E-state index in [1.165, 1.54) is 19.3 Å². The number of amides is 1. The Bertz CT molecular complexity index is 422. The van der Waals surface area contributed by atoms with Crippen molar-refractivity contribution in [3.05, 3.63) is 11.9 Å². The average Bonchev–Trinajstić information content (AvgIpc) is 3.00. The molecule has 1 saturated carbocycles. The van der Waals surface area contributed by atoms with Crippen molar-refractivity contribution in [3.8, 4) is 0 Å². The van der Waals surface area contributed by atoms with Crippen LogP contribution in [0.4, 0.5) is 0 Å². The van der Waals surface area contributed by atoms with Crippen LogP contribution in [-0.2, 0) is 0 Å². The number of hydrogen-bond donors (Lipinski definition) is 2. The molecule has 6 nitrogen and oxygen atoms in total. The molecule has 2 N–H and O–H groups in total. The summed E-state index contributed by atoms with van der Waals surface area (Å²) in [5.74, 6) is 0.818. The van der Waals surface area contributed by atoms with E-state index in [1.807, 2.05) is 0 Å². The van der Waals surface area contributed by atoms with Gasteiger partial charge >= 0.3 is 0 Å². The summed E-state index contributed by atoms with van der Waals surface area (Å²) in [7, 11) is 0. The third kappa shape index (κ3) is 2.69. The van der Waals surface area contributed by atoms with Gasteiger partial charge in [0.15, 0.2) is 5.69 Å². The van der Waals surface area contributed by atoms with Crippen molar-refractivity contribution in [2.45, 2.75) is 31.7 Å². The van der Waals surface area contributed by atoms with Crippen molar-refractivity contribution in [1.29, 1.82) is 0 Å². The van der Waals surface area contributed by atoms with Gasteiger partial charge in [-0.25, -0.2) is 4.68 Å². The molecule has 18 heavy (non-hydrogen) atoms. The average molecular weight is 249 g/mol. The van der Waals surface area contributed by atoms with Crippen molar-refractivity contribution in [2.75, 3.05) is 19.6 Å². The largest absolute Gasteiger partial charge is 0.351 e. The predicted molar refractivity (Wildman–Crippen MR) is 66.2 cm³/mol. The van der Waals surface area contributed by atoms with Crippen LogP contribution in [0.1, 0.15) is 42.2 Å². The number of carbonyl (C=O) groups is 1. The summed E-state index contributed by atoms with van der Waals surface area (Å²) in [6.07, 6.45) is 6.79. The molecule has 6 heteroatoms. The third-order valence-electron chi connectivity index (χ3n) is 3.65. The maximum absolute atomic E-state index is 11.8. The third-order valence-corrected chi connectivity index (χ3v) is 3.65. The van der Waals surface area contributed by atoms with Crippen LogP contribution >= 0.6 is 0 Å². The number of rotatable bonds is 6. The molecule has 3 rings (SSSR count). The molecule has 0 aromatic carbocycles. The van der Waals surface area contributed by atoms with Gasteiger partial charge in [-0.2, -0.15) is 0 Å². The second-order valence-corrected chi connectivity index (χ2v) is 5.24. The van der Waals surface area contributed by atoms with E-state index in [2.05, 4.69) is 20.9 Å². The van der Waals surface area contributed by atoms with E-state index in [1.54, 1.807) is 10.9 Å². The van der Waals surface area contributed by atoms with Crippen LogP contribution in [-0.4, -0.2) is 40.5 Å². The van der Waals surface area contributed by atoms with Crippen molar-refractivity contribution in [3.63, 3.8) is 0 Å². The SMILES string of the molecule is O=C(NCCCC1CC1)c1cn(C2CNC2)nn1. The highest BCUT2D eigenvalue weighted by molar-refractivity contribution is 5.91. The first-order chi connectivity index (χ1) is 8.83. The Labute approximate surface area is 106 Å². The van der Waals surface area contributed by atoms with E-state index in [9.17, 15) is 4.79 Å². The normalized spacial score (nSPS) is 19.6. The van der Waals surface area contributed by atoms with Gasteiger partial charge < -0.3 is 10.6 Å². The van der Waals surface area contributed by atoms with E-state index in [0.29, 0.717) is 11.7 Å². The summed E-state index contributed by atoms with van der Waals surface area (Å²) in [6, 6.07) is 0.355. The van der Waals surface area contributed by atoms with Crippen LogP contribution in [0, 0.1) is 5.92 Å². The Balaban J connectivity index is 1.43. The molecular formula is C12H19N5O. The van der Waals surface area contributed by atoms with Gasteiger partial charge in [0.25, 0.3) is 5.91 Å². The first-order valence-electron chi connectivity index (χ1n) is 6.73. The van der Waals surface area contributed by atoms with Crippen LogP contribution in [0.25, 0.3) is 0 Å². The second kappa shape index (κ2) is 5.06. The minimum atomic E-state index is -0.107. The van der Waals surface area contributed by atoms with Crippen LogP contribution in [0.15, 0.2) is 6.20 Å². The van der Waals surface area contributed by atoms with Crippen molar-refractivity contribution in [1.82, 2.24) is 25.6 Å². The molecule has 1 aliphatic heterocycles. The first kappa shape index (κ1) is 11.6. The topological polar surface area (TPSA) is 71.8 Å². The molecule has 1 amide bonds. The van der Waals surface area contributed by atoms with E-state index in [-0.39, 0.29) is 5.91 Å². The monoisotopic (exact) mass is 249 g/mol. The van der Waals surface area contributed by atoms with Gasteiger partial charge in [-0.1, -0.05) is 18.1 Å². The number of nitrogens with one attached hydrogen (secondary N) is 2. The molecule has 1 aromatic heterocycles. The summed E-state index contributed by atoms with van der Waals surface area (Å²) >= 11 is 0. The highest BCUT2D eigenvalue weighted by atomic mass is 16.2. The smallest absolute Gasteiger partial charge is 0.273 e. The molecule has 1 aliphatic carbocycles. The summed E-state index contributed by atoms with van der Waals surface area (Å²) in [4.78, 5) is 11.8. The molecule has 0 radical (unpaired) electrons. The Kier molecular flexibility index (Phi) is 3.27. The fourth-order valence-electron chi connectivity index (χ4n) is 2.11. The minimum absolute atomic E-state index is 0.107. The molecule has 0 spiro atoms. The second-order valence-electron chi connectivity index (χ2n) is 5.24. The summed E-state index contributed by atoms with van der Waals surface area (Å²) in [5, 5.41) is 14.0. The highest BCUT2D eigenvalue weighted by Crippen LogP contribution is 2.33. The molecule has 0 unspecified atom stereocenters. The van der Waals surface area contributed by atoms with E-state index in [0.717, 1.165) is 32.0 Å². The zero-order valence-corrected chi connectivity index (χ0v) is 10.4. The van der Waals surface area contributed by atoms with Crippen molar-refractivity contribution >= 4 is 5.91 Å². The van der Waals surface area contributed by atoms with Crippen molar-refractivity contribution < 1.29 is 4.79 Å². The lowest BCUT2D eigenvalue weighted by molar-refractivity contribution is 0.0947. The summed E-state index contributed by atoms with van der Waals surface area (Å²) < 4.78 is 1.77. The Morgan fingerprint density at radius 2 is 2.33 bits per heavy atom. The van der Waals surface area contributed by atoms with Crippen LogP contribution in [0.5, 0.6) is 0 Å². The van der Waals surface area contributed by atoms with Gasteiger partial charge in [0.05, 0.1) is 12.2 Å². The number of aromatic nitrogens is 3. The van der Waals surface area contributed by atoms with Gasteiger partial charge in [-0.15, -0.1) is 5.10 Å². The molecule has 98 valence electrons. The van der Waals surface area contributed by atoms with Gasteiger partial charge in [-0.05, 0) is 18.8 Å². The van der Waals surface area contributed by atoms with E-state index >= 15 is 0 Å². The molecule has 1 aromatic rings. The fraction of sp³-hybridized carbons (Fsp3) is 0.750. The zero-order valence-electron chi connectivity index (χ0n) is 10.4. The number of carbonyl (C=O) groups excluding carboxylic acids is 1. The molecule has 2 fully saturated rings. The predicted octanol–water partition coefficient (Wildman–Crippen LogP) is 0.342. The quantitative estimate of drug-likeness (QED) is 0.713. The fourth-order valence-corrected chi connectivity index (χ4v) is 2.11. The van der Waals surface area contributed by atoms with Crippen molar-refractivity contribution in [2.24, 2.45) is 5.92 Å². The standard InChI is InChI=1S/C12H19N5O/c18-12(14-5-1-2-9-3-4-9)11-8-17(16-15-11)10-6-13-7-10/h8-10,13H,1-7H2,(H,14,18). The first-order valence-corrected chi connectivity index (χ1v) is 6.73. The molecule has 0 atom stereocenters. The zero-order chi connectivity index (χ0) is 12.4. The Hall–Kier alpha value is -1.43. The lowest BCUT2D eigenvalue weighted by Gasteiger charge is -2.26. The highest BCUT2D eigenvalue weighted by Gasteiger charge is 2.22. The molecular weight excluding hydrogens is 230 g/mol. The lowest BCUT2D eigenvalue weighted by Crippen LogP contribution is -2.43. The maximum atomic E-state index is 11.8. The van der Waals surface area contributed by atoms with Gasteiger partial charge in [0.1, 0.15) is 0 Å². The lowest BCUT2D eigenvalue weighted by atomic mass is 10.2. The minimum Gasteiger partial charge on any atom is -0.351 e. The molecule has 2 aliphatic rings. The van der Waals surface area contributed by atoms with E-state index < -0.39 is 0 Å². The number of nitrogens with zero attached hydrogens (tertiary/aromatic N) is 3. The van der Waals surface area contributed by atoms with Crippen LogP contribution in [0.2, 0.25) is 0 Å². The number of hydrogen-bond acceptors (Lipinski definition) is 4. The van der Waals surface area contributed by atoms with Crippen LogP contribution in [0.3, 0.4) is 0 Å².